The van der Waals surface area contributed by atoms with Gasteiger partial charge in [0.2, 0.25) is 5.91 Å². The number of amides is 2. The maximum absolute atomic E-state index is 12.4. The molecule has 2 aliphatic rings. The number of carboxylic acids is 1. The van der Waals surface area contributed by atoms with Crippen molar-refractivity contribution in [2.24, 2.45) is 11.8 Å². The fourth-order valence-electron chi connectivity index (χ4n) is 5.00. The van der Waals surface area contributed by atoms with Crippen LogP contribution in [-0.2, 0) is 14.3 Å². The van der Waals surface area contributed by atoms with Crippen LogP contribution in [0.1, 0.15) is 56.6 Å². The van der Waals surface area contributed by atoms with E-state index in [1.165, 1.54) is 22.3 Å². The van der Waals surface area contributed by atoms with Crippen molar-refractivity contribution in [3.05, 3.63) is 59.7 Å². The van der Waals surface area contributed by atoms with Crippen LogP contribution in [0.5, 0.6) is 0 Å². The quantitative estimate of drug-likeness (QED) is 0.513. The van der Waals surface area contributed by atoms with Gasteiger partial charge in [0.05, 0.1) is 0 Å². The normalized spacial score (nSPS) is 20.3. The lowest BCUT2D eigenvalue weighted by Crippen LogP contribution is -2.48. The molecule has 1 fully saturated rings. The highest BCUT2D eigenvalue weighted by Crippen LogP contribution is 2.44. The summed E-state index contributed by atoms with van der Waals surface area (Å²) in [6.45, 7) is 3.99. The number of ether oxygens (including phenoxy) is 1. The van der Waals surface area contributed by atoms with Gasteiger partial charge in [-0.25, -0.2) is 9.59 Å². The van der Waals surface area contributed by atoms with Gasteiger partial charge in [-0.2, -0.15) is 0 Å². The molecule has 2 aromatic rings. The first kappa shape index (κ1) is 23.8. The number of aliphatic carboxylic acids is 1. The number of carbonyl (C=O) groups excluding carboxylic acids is 2. The molecule has 180 valence electrons. The van der Waals surface area contributed by atoms with E-state index < -0.39 is 18.1 Å². The van der Waals surface area contributed by atoms with Crippen molar-refractivity contribution in [3.8, 4) is 11.1 Å². The van der Waals surface area contributed by atoms with Gasteiger partial charge in [0.15, 0.2) is 0 Å². The summed E-state index contributed by atoms with van der Waals surface area (Å²) in [6.07, 6.45) is 1.85. The van der Waals surface area contributed by atoms with Crippen molar-refractivity contribution in [2.75, 3.05) is 6.61 Å². The number of carbonyl (C=O) groups is 3. The fourth-order valence-corrected chi connectivity index (χ4v) is 5.00. The highest BCUT2D eigenvalue weighted by Gasteiger charge is 2.34. The molecule has 7 nitrogen and oxygen atoms in total. The number of nitrogens with one attached hydrogen (secondary N) is 2. The van der Waals surface area contributed by atoms with Crippen LogP contribution >= 0.6 is 0 Å². The number of hydrogen-bond donors (Lipinski definition) is 3. The Morgan fingerprint density at radius 3 is 2.18 bits per heavy atom. The predicted molar refractivity (Wildman–Crippen MR) is 128 cm³/mol. The molecule has 3 N–H and O–H groups in total. The third-order valence-corrected chi connectivity index (χ3v) is 7.17. The molecule has 0 aromatic heterocycles. The van der Waals surface area contributed by atoms with Crippen molar-refractivity contribution < 1.29 is 24.2 Å². The van der Waals surface area contributed by atoms with E-state index in [9.17, 15) is 19.5 Å². The van der Waals surface area contributed by atoms with E-state index in [-0.39, 0.29) is 42.7 Å². The third-order valence-electron chi connectivity index (χ3n) is 7.17. The van der Waals surface area contributed by atoms with Gasteiger partial charge in [-0.3, -0.25) is 4.79 Å². The monoisotopic (exact) mass is 464 g/mol. The largest absolute Gasteiger partial charge is 0.480 e. The summed E-state index contributed by atoms with van der Waals surface area (Å²) in [6, 6.07) is 15.5. The molecule has 0 unspecified atom stereocenters. The Kier molecular flexibility index (Phi) is 7.20. The van der Waals surface area contributed by atoms with Crippen LogP contribution in [0.3, 0.4) is 0 Å². The summed E-state index contributed by atoms with van der Waals surface area (Å²) in [5, 5.41) is 14.9. The molecule has 0 aliphatic heterocycles. The summed E-state index contributed by atoms with van der Waals surface area (Å²) in [7, 11) is 0. The maximum Gasteiger partial charge on any atom is 0.407 e. The molecule has 2 atom stereocenters. The van der Waals surface area contributed by atoms with Crippen LogP contribution in [0.2, 0.25) is 0 Å². The summed E-state index contributed by atoms with van der Waals surface area (Å²) >= 11 is 0. The lowest BCUT2D eigenvalue weighted by Gasteiger charge is -2.35. The van der Waals surface area contributed by atoms with E-state index in [1.54, 1.807) is 0 Å². The molecule has 4 rings (SSSR count). The lowest BCUT2D eigenvalue weighted by atomic mass is 9.78. The zero-order chi connectivity index (χ0) is 24.2. The molecule has 0 radical (unpaired) electrons. The van der Waals surface area contributed by atoms with Gasteiger partial charge in [-0.15, -0.1) is 0 Å². The van der Waals surface area contributed by atoms with Gasteiger partial charge in [0, 0.05) is 18.4 Å². The first-order valence-electron chi connectivity index (χ1n) is 12.0. The van der Waals surface area contributed by atoms with E-state index in [2.05, 4.69) is 34.9 Å². The van der Waals surface area contributed by atoms with E-state index in [1.807, 2.05) is 38.1 Å². The topological polar surface area (TPSA) is 105 Å². The number of hydrogen-bond acceptors (Lipinski definition) is 4. The Hall–Kier alpha value is -3.35. The van der Waals surface area contributed by atoms with Crippen molar-refractivity contribution in [1.29, 1.82) is 0 Å². The van der Waals surface area contributed by atoms with E-state index in [4.69, 9.17) is 4.74 Å². The molecule has 7 heteroatoms. The van der Waals surface area contributed by atoms with Crippen molar-refractivity contribution in [1.82, 2.24) is 10.6 Å². The number of fused-ring (bicyclic) bond motifs is 3. The Balaban J connectivity index is 1.22. The van der Waals surface area contributed by atoms with E-state index >= 15 is 0 Å². The highest BCUT2D eigenvalue weighted by atomic mass is 16.5. The van der Waals surface area contributed by atoms with E-state index in [0.717, 1.165) is 0 Å². The van der Waals surface area contributed by atoms with Crippen LogP contribution < -0.4 is 10.6 Å². The molecule has 2 amide bonds. The molecule has 1 saturated carbocycles. The molecular formula is C27H32N2O5. The van der Waals surface area contributed by atoms with Gasteiger partial charge in [0.1, 0.15) is 12.6 Å². The predicted octanol–water partition coefficient (Wildman–Crippen LogP) is 4.31. The summed E-state index contributed by atoms with van der Waals surface area (Å²) < 4.78 is 5.59. The van der Waals surface area contributed by atoms with E-state index in [0.29, 0.717) is 19.3 Å². The Bertz CT molecular complexity index is 1020. The minimum atomic E-state index is -1.01. The van der Waals surface area contributed by atoms with Gasteiger partial charge < -0.3 is 20.5 Å². The van der Waals surface area contributed by atoms with Crippen molar-refractivity contribution in [2.45, 2.75) is 57.5 Å². The van der Waals surface area contributed by atoms with Crippen molar-refractivity contribution >= 4 is 18.0 Å². The average Bonchev–Trinajstić information content (AvgIpc) is 3.13. The summed E-state index contributed by atoms with van der Waals surface area (Å²) in [4.78, 5) is 36.1. The molecule has 2 aromatic carbocycles. The Morgan fingerprint density at radius 1 is 1.03 bits per heavy atom. The maximum atomic E-state index is 12.4. The van der Waals surface area contributed by atoms with Crippen LogP contribution in [0.4, 0.5) is 4.79 Å². The Labute approximate surface area is 199 Å². The van der Waals surface area contributed by atoms with Gasteiger partial charge in [-0.1, -0.05) is 68.8 Å². The minimum absolute atomic E-state index is 0.0173. The first-order chi connectivity index (χ1) is 16.4. The SMILES string of the molecule is CC[C@H](C)[C@H](NC(=O)CC1CC(NC(=O)OCC2c3ccccc3-c3ccccc32)C1)C(=O)O. The standard InChI is InChI=1S/C27H32N2O5/c1-3-16(2)25(26(31)32)29-24(30)14-17-12-18(13-17)28-27(33)34-15-23-21-10-6-4-8-19(21)20-9-5-7-11-22(20)23/h4-11,16-18,23,25H,3,12-15H2,1-2H3,(H,28,33)(H,29,30)(H,31,32)/t16-,17?,18?,25-/m0/s1. The smallest absolute Gasteiger partial charge is 0.407 e. The zero-order valence-electron chi connectivity index (χ0n) is 19.6. The average molecular weight is 465 g/mol. The van der Waals surface area contributed by atoms with Crippen LogP contribution in [-0.4, -0.2) is 41.8 Å². The van der Waals surface area contributed by atoms with Gasteiger partial charge >= 0.3 is 12.1 Å². The van der Waals surface area contributed by atoms with Crippen LogP contribution in [0, 0.1) is 11.8 Å². The molecule has 0 heterocycles. The number of alkyl carbamates (subject to hydrolysis) is 1. The number of rotatable bonds is 9. The zero-order valence-corrected chi connectivity index (χ0v) is 19.6. The second kappa shape index (κ2) is 10.3. The first-order valence-corrected chi connectivity index (χ1v) is 12.0. The molecule has 0 spiro atoms. The second-order valence-corrected chi connectivity index (χ2v) is 9.48. The Morgan fingerprint density at radius 2 is 1.62 bits per heavy atom. The van der Waals surface area contributed by atoms with Gasteiger partial charge in [0.25, 0.3) is 0 Å². The number of carboxylic acid groups (broad SMARTS) is 1. The van der Waals surface area contributed by atoms with Crippen LogP contribution in [0.25, 0.3) is 11.1 Å². The van der Waals surface area contributed by atoms with Crippen LogP contribution in [0.15, 0.2) is 48.5 Å². The summed E-state index contributed by atoms with van der Waals surface area (Å²) in [5.41, 5.74) is 4.71. The molecular weight excluding hydrogens is 432 g/mol. The molecule has 0 saturated heterocycles. The third kappa shape index (κ3) is 5.08. The minimum Gasteiger partial charge on any atom is -0.480 e. The molecule has 34 heavy (non-hydrogen) atoms. The highest BCUT2D eigenvalue weighted by molar-refractivity contribution is 5.84. The second-order valence-electron chi connectivity index (χ2n) is 9.48. The summed E-state index contributed by atoms with van der Waals surface area (Å²) in [5.74, 6) is -1.25. The molecule has 0 bridgehead atoms. The van der Waals surface area contributed by atoms with Gasteiger partial charge in [-0.05, 0) is 46.9 Å². The lowest BCUT2D eigenvalue weighted by molar-refractivity contribution is -0.143. The fraction of sp³-hybridized carbons (Fsp3) is 0.444. The molecule has 2 aliphatic carbocycles. The van der Waals surface area contributed by atoms with Crippen molar-refractivity contribution in [3.63, 3.8) is 0 Å². The number of benzene rings is 2.